The molecule has 1 unspecified atom stereocenters. The molecule has 2 N–H and O–H groups in total. The molecule has 0 saturated carbocycles. The van der Waals surface area contributed by atoms with Gasteiger partial charge in [0.05, 0.1) is 0 Å². The molecule has 4 heteroatoms. The van der Waals surface area contributed by atoms with Crippen LogP contribution in [0.1, 0.15) is 50.8 Å². The van der Waals surface area contributed by atoms with E-state index in [9.17, 15) is 19.8 Å². The fourth-order valence-corrected chi connectivity index (χ4v) is 5.38. The minimum absolute atomic E-state index is 0.0142. The van der Waals surface area contributed by atoms with Crippen LogP contribution >= 0.6 is 0 Å². The number of carboxylic acid groups (broad SMARTS) is 2. The van der Waals surface area contributed by atoms with Crippen LogP contribution in [0.2, 0.25) is 0 Å². The third kappa shape index (κ3) is 1.69. The topological polar surface area (TPSA) is 74.6 Å². The van der Waals surface area contributed by atoms with Crippen molar-refractivity contribution >= 4 is 17.5 Å². The number of hydrogen-bond donors (Lipinski definition) is 2. The summed E-state index contributed by atoms with van der Waals surface area (Å²) in [7, 11) is 0. The number of carboxylic acids is 2. The number of rotatable bonds is 2. The Kier molecular flexibility index (Phi) is 3.29. The fourth-order valence-electron chi connectivity index (χ4n) is 5.38. The maximum Gasteiger partial charge on any atom is 0.321 e. The molecule has 128 valence electrons. The highest BCUT2D eigenvalue weighted by Crippen LogP contribution is 2.65. The number of allylic oxidation sites excluding steroid dienone is 2. The largest absolute Gasteiger partial charge is 0.480 e. The summed E-state index contributed by atoms with van der Waals surface area (Å²) in [6.45, 7) is 9.85. The predicted octanol–water partition coefficient (Wildman–Crippen LogP) is 3.87. The number of hydrogen-bond acceptors (Lipinski definition) is 2. The van der Waals surface area contributed by atoms with Gasteiger partial charge in [0.1, 0.15) is 0 Å². The molecule has 1 aromatic carbocycles. The van der Waals surface area contributed by atoms with E-state index in [-0.39, 0.29) is 17.8 Å². The molecule has 0 bridgehead atoms. The summed E-state index contributed by atoms with van der Waals surface area (Å²) in [5, 5.41) is 19.7. The molecule has 24 heavy (non-hydrogen) atoms. The molecule has 0 saturated heterocycles. The van der Waals surface area contributed by atoms with Gasteiger partial charge in [-0.1, -0.05) is 52.0 Å². The van der Waals surface area contributed by atoms with Crippen LogP contribution in [0.5, 0.6) is 0 Å². The lowest BCUT2D eigenvalue weighted by Crippen LogP contribution is -2.57. The van der Waals surface area contributed by atoms with Gasteiger partial charge in [-0.3, -0.25) is 9.59 Å². The van der Waals surface area contributed by atoms with Gasteiger partial charge in [-0.05, 0) is 46.4 Å². The van der Waals surface area contributed by atoms with Gasteiger partial charge in [0, 0.05) is 5.92 Å². The molecule has 0 fully saturated rings. The SMILES string of the molecule is Cc1cccc2c1C1=CCC(C(=O)O)(C(=O)O)C(C)(C)C1C2(C)C. The summed E-state index contributed by atoms with van der Waals surface area (Å²) in [6, 6.07) is 6.16. The summed E-state index contributed by atoms with van der Waals surface area (Å²) < 4.78 is 0. The van der Waals surface area contributed by atoms with E-state index in [1.54, 1.807) is 13.8 Å². The summed E-state index contributed by atoms with van der Waals surface area (Å²) in [5.41, 5.74) is 1.55. The van der Waals surface area contributed by atoms with Crippen molar-refractivity contribution in [2.24, 2.45) is 16.7 Å². The molecule has 0 aliphatic heterocycles. The molecular formula is C20H24O4. The van der Waals surface area contributed by atoms with Gasteiger partial charge in [-0.15, -0.1) is 0 Å². The van der Waals surface area contributed by atoms with E-state index in [0.717, 1.165) is 11.1 Å². The lowest BCUT2D eigenvalue weighted by molar-refractivity contribution is -0.178. The van der Waals surface area contributed by atoms with Crippen molar-refractivity contribution in [2.75, 3.05) is 0 Å². The first kappa shape index (κ1) is 16.7. The summed E-state index contributed by atoms with van der Waals surface area (Å²) in [6.07, 6.45) is 1.87. The number of benzene rings is 1. The molecular weight excluding hydrogens is 304 g/mol. The molecule has 4 nitrogen and oxygen atoms in total. The second kappa shape index (κ2) is 4.71. The van der Waals surface area contributed by atoms with E-state index in [1.165, 1.54) is 11.1 Å². The molecule has 1 atom stereocenters. The molecule has 0 aromatic heterocycles. The highest BCUT2D eigenvalue weighted by molar-refractivity contribution is 6.01. The zero-order valence-electron chi connectivity index (χ0n) is 14.8. The van der Waals surface area contributed by atoms with Crippen molar-refractivity contribution < 1.29 is 19.8 Å². The zero-order valence-corrected chi connectivity index (χ0v) is 14.8. The minimum atomic E-state index is -1.81. The van der Waals surface area contributed by atoms with Crippen LogP contribution < -0.4 is 0 Å². The van der Waals surface area contributed by atoms with Crippen molar-refractivity contribution in [1.82, 2.24) is 0 Å². The van der Waals surface area contributed by atoms with Gasteiger partial charge in [0.15, 0.2) is 5.41 Å². The van der Waals surface area contributed by atoms with E-state index in [1.807, 2.05) is 12.1 Å². The second-order valence-electron chi connectivity index (χ2n) is 8.25. The Labute approximate surface area is 142 Å². The molecule has 0 heterocycles. The minimum Gasteiger partial charge on any atom is -0.480 e. The Balaban J connectivity index is 2.34. The average molecular weight is 328 g/mol. The van der Waals surface area contributed by atoms with E-state index < -0.39 is 22.8 Å². The second-order valence-corrected chi connectivity index (χ2v) is 8.25. The van der Waals surface area contributed by atoms with Crippen LogP contribution in [0.4, 0.5) is 0 Å². The summed E-state index contributed by atoms with van der Waals surface area (Å²) in [4.78, 5) is 24.1. The van der Waals surface area contributed by atoms with Crippen LogP contribution in [0.15, 0.2) is 24.3 Å². The molecule has 3 rings (SSSR count). The predicted molar refractivity (Wildman–Crippen MR) is 91.8 cm³/mol. The summed E-state index contributed by atoms with van der Waals surface area (Å²) in [5.74, 6) is -2.67. The number of aliphatic carboxylic acids is 2. The van der Waals surface area contributed by atoms with Crippen molar-refractivity contribution in [1.29, 1.82) is 0 Å². The normalized spacial score (nSPS) is 25.4. The number of carbonyl (C=O) groups is 2. The Morgan fingerprint density at radius 1 is 1.08 bits per heavy atom. The first-order valence-corrected chi connectivity index (χ1v) is 8.27. The van der Waals surface area contributed by atoms with Crippen LogP contribution in [-0.2, 0) is 15.0 Å². The maximum absolute atomic E-state index is 12.1. The van der Waals surface area contributed by atoms with Crippen molar-refractivity contribution in [2.45, 2.75) is 46.5 Å². The van der Waals surface area contributed by atoms with Crippen LogP contribution in [0.25, 0.3) is 5.57 Å². The number of fused-ring (bicyclic) bond motifs is 3. The highest BCUT2D eigenvalue weighted by Gasteiger charge is 2.66. The van der Waals surface area contributed by atoms with Gasteiger partial charge >= 0.3 is 11.9 Å². The highest BCUT2D eigenvalue weighted by atomic mass is 16.4. The lowest BCUT2D eigenvalue weighted by atomic mass is 9.49. The van der Waals surface area contributed by atoms with Crippen molar-refractivity contribution in [3.63, 3.8) is 0 Å². The maximum atomic E-state index is 12.1. The molecule has 0 spiro atoms. The Bertz CT molecular complexity index is 769. The van der Waals surface area contributed by atoms with Gasteiger partial charge in [0.2, 0.25) is 0 Å². The van der Waals surface area contributed by atoms with Gasteiger partial charge < -0.3 is 10.2 Å². The third-order valence-electron chi connectivity index (χ3n) is 6.47. The first-order valence-electron chi connectivity index (χ1n) is 8.27. The standard InChI is InChI=1S/C20H24O4/c1-11-7-6-8-13-14(11)12-9-10-20(16(21)22,17(23)24)19(4,5)15(12)18(13,2)3/h6-9,15H,10H2,1-5H3,(H,21,22)(H,23,24). The van der Waals surface area contributed by atoms with Crippen LogP contribution in [0.3, 0.4) is 0 Å². The van der Waals surface area contributed by atoms with E-state index in [0.29, 0.717) is 0 Å². The van der Waals surface area contributed by atoms with Gasteiger partial charge in [0.25, 0.3) is 0 Å². The Morgan fingerprint density at radius 3 is 2.21 bits per heavy atom. The smallest absolute Gasteiger partial charge is 0.321 e. The molecule has 1 aromatic rings. The van der Waals surface area contributed by atoms with Crippen molar-refractivity contribution in [3.05, 3.63) is 41.0 Å². The fraction of sp³-hybridized carbons (Fsp3) is 0.500. The van der Waals surface area contributed by atoms with E-state index in [4.69, 9.17) is 0 Å². The average Bonchev–Trinajstić information content (AvgIpc) is 2.68. The monoisotopic (exact) mass is 328 g/mol. The lowest BCUT2D eigenvalue weighted by Gasteiger charge is -2.51. The van der Waals surface area contributed by atoms with Crippen molar-refractivity contribution in [3.8, 4) is 0 Å². The van der Waals surface area contributed by atoms with Gasteiger partial charge in [-0.2, -0.15) is 0 Å². The Hall–Kier alpha value is -2.10. The molecule has 2 aliphatic carbocycles. The van der Waals surface area contributed by atoms with E-state index >= 15 is 0 Å². The van der Waals surface area contributed by atoms with E-state index in [2.05, 4.69) is 32.9 Å². The molecule has 0 amide bonds. The van der Waals surface area contributed by atoms with Crippen LogP contribution in [-0.4, -0.2) is 22.2 Å². The number of aryl methyl sites for hydroxylation is 1. The van der Waals surface area contributed by atoms with Gasteiger partial charge in [-0.25, -0.2) is 0 Å². The molecule has 2 aliphatic rings. The molecule has 0 radical (unpaired) electrons. The third-order valence-corrected chi connectivity index (χ3v) is 6.47. The quantitative estimate of drug-likeness (QED) is 0.808. The summed E-state index contributed by atoms with van der Waals surface area (Å²) >= 11 is 0. The first-order chi connectivity index (χ1) is 11.0. The Morgan fingerprint density at radius 2 is 1.67 bits per heavy atom. The zero-order chi connectivity index (χ0) is 18.1. The van der Waals surface area contributed by atoms with Crippen LogP contribution in [0, 0.1) is 23.7 Å².